The van der Waals surface area contributed by atoms with Crippen LogP contribution in [0.4, 0.5) is 10.1 Å². The zero-order chi connectivity index (χ0) is 24.9. The number of benzene rings is 2. The summed E-state index contributed by atoms with van der Waals surface area (Å²) in [6, 6.07) is 10.0. The third kappa shape index (κ3) is 5.67. The Morgan fingerprint density at radius 3 is 2.43 bits per heavy atom. The number of halogens is 2. The van der Waals surface area contributed by atoms with Crippen LogP contribution in [0.1, 0.15) is 44.2 Å². The minimum atomic E-state index is -0.812. The van der Waals surface area contributed by atoms with Gasteiger partial charge in [0.15, 0.2) is 5.69 Å². The summed E-state index contributed by atoms with van der Waals surface area (Å²) in [6.45, 7) is 3.17. The first-order chi connectivity index (χ1) is 16.8. The second kappa shape index (κ2) is 10.7. The molecular formula is C24H24ClFN6O3. The third-order valence-electron chi connectivity index (χ3n) is 5.71. The Kier molecular flexibility index (Phi) is 7.42. The number of nitrogens with one attached hydrogen (secondary N) is 2. The summed E-state index contributed by atoms with van der Waals surface area (Å²) >= 11 is 5.95. The fourth-order valence-electron chi connectivity index (χ4n) is 3.94. The van der Waals surface area contributed by atoms with Crippen molar-refractivity contribution in [2.75, 3.05) is 31.5 Å². The van der Waals surface area contributed by atoms with E-state index in [1.165, 1.54) is 17.0 Å². The smallest absolute Gasteiger partial charge is 0.270 e. The number of amides is 3. The minimum absolute atomic E-state index is 0.00287. The van der Waals surface area contributed by atoms with Crippen molar-refractivity contribution in [3.05, 3.63) is 76.6 Å². The molecule has 1 aliphatic heterocycles. The molecule has 35 heavy (non-hydrogen) atoms. The molecule has 0 spiro atoms. The van der Waals surface area contributed by atoms with Gasteiger partial charge in [-0.1, -0.05) is 11.6 Å². The lowest BCUT2D eigenvalue weighted by atomic mass is 10.2. The van der Waals surface area contributed by atoms with Crippen molar-refractivity contribution in [2.24, 2.45) is 5.73 Å². The number of rotatable bonds is 8. The van der Waals surface area contributed by atoms with E-state index in [-0.39, 0.29) is 22.0 Å². The van der Waals surface area contributed by atoms with E-state index in [4.69, 9.17) is 17.3 Å². The fourth-order valence-corrected chi connectivity index (χ4v) is 4.19. The first-order valence-electron chi connectivity index (χ1n) is 11.1. The van der Waals surface area contributed by atoms with E-state index >= 15 is 0 Å². The molecule has 0 aliphatic carbocycles. The number of aromatic nitrogens is 2. The molecule has 4 rings (SSSR count). The molecule has 182 valence electrons. The summed E-state index contributed by atoms with van der Waals surface area (Å²) in [6.07, 6.45) is 3.65. The summed E-state index contributed by atoms with van der Waals surface area (Å²) in [7, 11) is 0. The molecule has 0 atom stereocenters. The van der Waals surface area contributed by atoms with E-state index in [1.807, 2.05) is 0 Å². The number of anilines is 1. The summed E-state index contributed by atoms with van der Waals surface area (Å²) in [5, 5.41) is 5.52. The Labute approximate surface area is 206 Å². The van der Waals surface area contributed by atoms with Crippen LogP contribution in [0.15, 0.2) is 48.8 Å². The van der Waals surface area contributed by atoms with Crippen LogP contribution in [-0.4, -0.2) is 58.4 Å². The molecule has 3 aromatic rings. The average Bonchev–Trinajstić information content (AvgIpc) is 3.49. The highest BCUT2D eigenvalue weighted by molar-refractivity contribution is 6.34. The highest BCUT2D eigenvalue weighted by atomic mass is 35.5. The maximum Gasteiger partial charge on any atom is 0.270 e. The lowest BCUT2D eigenvalue weighted by Crippen LogP contribution is -2.35. The van der Waals surface area contributed by atoms with Crippen LogP contribution in [0.25, 0.3) is 5.69 Å². The molecule has 0 radical (unpaired) electrons. The predicted molar refractivity (Wildman–Crippen MR) is 129 cm³/mol. The van der Waals surface area contributed by atoms with Crippen molar-refractivity contribution in [3.8, 4) is 5.69 Å². The van der Waals surface area contributed by atoms with Crippen LogP contribution in [0.3, 0.4) is 0 Å². The van der Waals surface area contributed by atoms with E-state index in [1.54, 1.807) is 24.3 Å². The molecule has 2 aromatic carbocycles. The first kappa shape index (κ1) is 24.4. The Morgan fingerprint density at radius 1 is 1.06 bits per heavy atom. The van der Waals surface area contributed by atoms with Gasteiger partial charge in [-0.2, -0.15) is 0 Å². The maximum atomic E-state index is 13.2. The number of primary amides is 1. The lowest BCUT2D eigenvalue weighted by Gasteiger charge is -2.15. The molecule has 0 saturated carbocycles. The van der Waals surface area contributed by atoms with Gasteiger partial charge in [-0.05, 0) is 68.4 Å². The van der Waals surface area contributed by atoms with Crippen molar-refractivity contribution in [3.63, 3.8) is 0 Å². The van der Waals surface area contributed by atoms with E-state index in [0.717, 1.165) is 44.6 Å². The van der Waals surface area contributed by atoms with E-state index in [2.05, 4.69) is 20.5 Å². The molecule has 0 bridgehead atoms. The largest absolute Gasteiger partial charge is 0.364 e. The second-order valence-electron chi connectivity index (χ2n) is 8.11. The fraction of sp³-hybridized carbons (Fsp3) is 0.250. The topological polar surface area (TPSA) is 122 Å². The summed E-state index contributed by atoms with van der Waals surface area (Å²) in [5.74, 6) is -2.31. The SMILES string of the molecule is NC(=O)c1ncn(-c2ccc(NC(=O)c3ccc(F)cc3Cl)cc2)c1C(=O)NCCN1CCCC1. The molecule has 0 unspecified atom stereocenters. The zero-order valence-electron chi connectivity index (χ0n) is 18.8. The predicted octanol–water partition coefficient (Wildman–Crippen LogP) is 2.84. The number of likely N-dealkylation sites (tertiary alicyclic amines) is 1. The van der Waals surface area contributed by atoms with Crippen molar-refractivity contribution in [1.29, 1.82) is 0 Å². The van der Waals surface area contributed by atoms with Crippen LogP contribution in [0.5, 0.6) is 0 Å². The van der Waals surface area contributed by atoms with Gasteiger partial charge < -0.3 is 21.3 Å². The van der Waals surface area contributed by atoms with Gasteiger partial charge >= 0.3 is 0 Å². The van der Waals surface area contributed by atoms with Gasteiger partial charge in [0.1, 0.15) is 17.8 Å². The number of nitrogens with zero attached hydrogens (tertiary/aromatic N) is 3. The third-order valence-corrected chi connectivity index (χ3v) is 6.02. The van der Waals surface area contributed by atoms with E-state index < -0.39 is 23.5 Å². The van der Waals surface area contributed by atoms with Gasteiger partial charge in [-0.3, -0.25) is 19.0 Å². The van der Waals surface area contributed by atoms with E-state index in [9.17, 15) is 18.8 Å². The summed E-state index contributed by atoms with van der Waals surface area (Å²) < 4.78 is 14.7. The minimum Gasteiger partial charge on any atom is -0.364 e. The lowest BCUT2D eigenvalue weighted by molar-refractivity contribution is 0.0925. The Hall–Kier alpha value is -3.76. The summed E-state index contributed by atoms with van der Waals surface area (Å²) in [5.41, 5.74) is 6.46. The quantitative estimate of drug-likeness (QED) is 0.441. The van der Waals surface area contributed by atoms with Gasteiger partial charge in [-0.15, -0.1) is 0 Å². The van der Waals surface area contributed by atoms with Gasteiger partial charge in [0, 0.05) is 24.5 Å². The van der Waals surface area contributed by atoms with Crippen LogP contribution in [0.2, 0.25) is 5.02 Å². The molecule has 3 amide bonds. The Bertz CT molecular complexity index is 1250. The number of carbonyl (C=O) groups excluding carboxylic acids is 3. The van der Waals surface area contributed by atoms with Crippen molar-refractivity contribution in [2.45, 2.75) is 12.8 Å². The molecule has 1 saturated heterocycles. The van der Waals surface area contributed by atoms with Gasteiger partial charge in [0.2, 0.25) is 0 Å². The monoisotopic (exact) mass is 498 g/mol. The van der Waals surface area contributed by atoms with Crippen molar-refractivity contribution < 1.29 is 18.8 Å². The molecule has 11 heteroatoms. The first-order valence-corrected chi connectivity index (χ1v) is 11.5. The standard InChI is InChI=1S/C24H24ClFN6O3/c25-19-13-15(26)3-8-18(19)23(34)30-16-4-6-17(7-5-16)32-14-29-20(22(27)33)21(32)24(35)28-9-12-31-10-1-2-11-31/h3-8,13-14H,1-2,9-12H2,(H2,27,33)(H,28,35)(H,30,34). The van der Waals surface area contributed by atoms with Crippen molar-refractivity contribution >= 4 is 35.0 Å². The Balaban J connectivity index is 1.49. The van der Waals surface area contributed by atoms with Crippen molar-refractivity contribution in [1.82, 2.24) is 19.8 Å². The van der Waals surface area contributed by atoms with E-state index in [0.29, 0.717) is 17.9 Å². The van der Waals surface area contributed by atoms with Crippen LogP contribution in [-0.2, 0) is 0 Å². The molecule has 2 heterocycles. The molecule has 1 aromatic heterocycles. The number of carbonyl (C=O) groups is 3. The van der Waals surface area contributed by atoms with Gasteiger partial charge in [0.05, 0.1) is 10.6 Å². The van der Waals surface area contributed by atoms with Gasteiger partial charge in [0.25, 0.3) is 17.7 Å². The second-order valence-corrected chi connectivity index (χ2v) is 8.51. The number of imidazole rings is 1. The number of nitrogens with two attached hydrogens (primary N) is 1. The van der Waals surface area contributed by atoms with Crippen LogP contribution in [0, 0.1) is 5.82 Å². The molecular weight excluding hydrogens is 475 g/mol. The Morgan fingerprint density at radius 2 is 1.77 bits per heavy atom. The molecule has 1 fully saturated rings. The molecule has 4 N–H and O–H groups in total. The normalized spacial score (nSPS) is 13.5. The average molecular weight is 499 g/mol. The molecule has 1 aliphatic rings. The van der Waals surface area contributed by atoms with Crippen LogP contribution < -0.4 is 16.4 Å². The maximum absolute atomic E-state index is 13.2. The molecule has 9 nitrogen and oxygen atoms in total. The van der Waals surface area contributed by atoms with Gasteiger partial charge in [-0.25, -0.2) is 9.37 Å². The number of hydrogen-bond donors (Lipinski definition) is 3. The zero-order valence-corrected chi connectivity index (χ0v) is 19.5. The highest BCUT2D eigenvalue weighted by Crippen LogP contribution is 2.21. The number of hydrogen-bond acceptors (Lipinski definition) is 5. The van der Waals surface area contributed by atoms with Crippen LogP contribution >= 0.6 is 11.6 Å². The summed E-state index contributed by atoms with van der Waals surface area (Å²) in [4.78, 5) is 43.6. The highest BCUT2D eigenvalue weighted by Gasteiger charge is 2.23.